The average molecular weight is 462 g/mol. The molecule has 7 nitrogen and oxygen atoms in total. The SMILES string of the molecule is CCn1c(C2CC2)nn(CN2CCN(S(=O)(=O)c3ccc(F)c(F)c3F)CC2)c1=S. The maximum absolute atomic E-state index is 14.0. The quantitative estimate of drug-likeness (QED) is 0.489. The lowest BCUT2D eigenvalue weighted by molar-refractivity contribution is 0.144. The topological polar surface area (TPSA) is 63.4 Å². The van der Waals surface area contributed by atoms with Gasteiger partial charge in [0.2, 0.25) is 10.0 Å². The number of hydrogen-bond donors (Lipinski definition) is 0. The van der Waals surface area contributed by atoms with Gasteiger partial charge in [0.1, 0.15) is 10.7 Å². The standard InChI is InChI=1S/C18H22F3N5O2S2/c1-2-25-17(12-3-4-12)22-26(18(25)29)11-23-7-9-24(10-8-23)30(27,28)14-6-5-13(19)15(20)16(14)21/h5-6,12H,2-4,7-11H2,1H3. The molecule has 0 bridgehead atoms. The van der Waals surface area contributed by atoms with E-state index < -0.39 is 32.4 Å². The third kappa shape index (κ3) is 3.81. The third-order valence-electron chi connectivity index (χ3n) is 5.49. The number of benzene rings is 1. The zero-order valence-corrected chi connectivity index (χ0v) is 18.0. The van der Waals surface area contributed by atoms with Gasteiger partial charge in [-0.3, -0.25) is 4.90 Å². The van der Waals surface area contributed by atoms with Crippen LogP contribution in [0, 0.1) is 22.2 Å². The molecular formula is C18H22F3N5O2S2. The predicted octanol–water partition coefficient (Wildman–Crippen LogP) is 2.69. The van der Waals surface area contributed by atoms with Crippen LogP contribution in [0.1, 0.15) is 31.5 Å². The predicted molar refractivity (Wildman–Crippen MR) is 105 cm³/mol. The molecule has 0 amide bonds. The van der Waals surface area contributed by atoms with Gasteiger partial charge in [0.25, 0.3) is 0 Å². The summed E-state index contributed by atoms with van der Waals surface area (Å²) in [7, 11) is -4.27. The smallest absolute Gasteiger partial charge is 0.246 e. The lowest BCUT2D eigenvalue weighted by atomic mass is 10.3. The molecule has 1 saturated heterocycles. The first-order valence-electron chi connectivity index (χ1n) is 9.77. The van der Waals surface area contributed by atoms with E-state index in [1.54, 1.807) is 4.68 Å². The van der Waals surface area contributed by atoms with Gasteiger partial charge in [-0.25, -0.2) is 26.3 Å². The van der Waals surface area contributed by atoms with Crippen molar-refractivity contribution in [3.8, 4) is 0 Å². The third-order valence-corrected chi connectivity index (χ3v) is 7.84. The summed E-state index contributed by atoms with van der Waals surface area (Å²) >= 11 is 5.53. The maximum atomic E-state index is 14.0. The van der Waals surface area contributed by atoms with E-state index in [9.17, 15) is 21.6 Å². The van der Waals surface area contributed by atoms with Crippen LogP contribution in [-0.4, -0.2) is 58.1 Å². The van der Waals surface area contributed by atoms with Crippen molar-refractivity contribution in [2.24, 2.45) is 0 Å². The fraction of sp³-hybridized carbons (Fsp3) is 0.556. The second kappa shape index (κ2) is 8.06. The maximum Gasteiger partial charge on any atom is 0.246 e. The molecule has 0 spiro atoms. The number of sulfonamides is 1. The summed E-state index contributed by atoms with van der Waals surface area (Å²) < 4.78 is 71.5. The summed E-state index contributed by atoms with van der Waals surface area (Å²) in [5.74, 6) is -3.45. The second-order valence-electron chi connectivity index (χ2n) is 7.50. The Morgan fingerprint density at radius 1 is 1.10 bits per heavy atom. The van der Waals surface area contributed by atoms with Crippen molar-refractivity contribution >= 4 is 22.2 Å². The molecule has 0 unspecified atom stereocenters. The minimum Gasteiger partial charge on any atom is -0.304 e. The summed E-state index contributed by atoms with van der Waals surface area (Å²) in [5, 5.41) is 4.66. The fourth-order valence-electron chi connectivity index (χ4n) is 3.64. The van der Waals surface area contributed by atoms with E-state index in [0.29, 0.717) is 36.5 Å². The van der Waals surface area contributed by atoms with Crippen LogP contribution in [0.3, 0.4) is 0 Å². The lowest BCUT2D eigenvalue weighted by Gasteiger charge is -2.33. The van der Waals surface area contributed by atoms with Crippen LogP contribution >= 0.6 is 12.2 Å². The molecule has 2 aromatic rings. The summed E-state index contributed by atoms with van der Waals surface area (Å²) in [4.78, 5) is 1.15. The molecule has 2 heterocycles. The van der Waals surface area contributed by atoms with Crippen LogP contribution in [0.5, 0.6) is 0 Å². The van der Waals surface area contributed by atoms with Crippen LogP contribution in [-0.2, 0) is 23.2 Å². The molecule has 0 radical (unpaired) electrons. The number of piperazine rings is 1. The number of rotatable bonds is 6. The summed E-state index contributed by atoms with van der Waals surface area (Å²) in [6.45, 7) is 4.15. The van der Waals surface area contributed by atoms with E-state index in [4.69, 9.17) is 12.2 Å². The Hall–Kier alpha value is -1.76. The zero-order chi connectivity index (χ0) is 21.6. The minimum absolute atomic E-state index is 0.0953. The van der Waals surface area contributed by atoms with Crippen LogP contribution in [0.4, 0.5) is 13.2 Å². The van der Waals surface area contributed by atoms with Gasteiger partial charge >= 0.3 is 0 Å². The zero-order valence-electron chi connectivity index (χ0n) is 16.4. The molecular weight excluding hydrogens is 439 g/mol. The Kier molecular flexibility index (Phi) is 5.77. The van der Waals surface area contributed by atoms with Crippen molar-refractivity contribution in [2.45, 2.75) is 43.8 Å². The van der Waals surface area contributed by atoms with Gasteiger partial charge in [-0.2, -0.15) is 9.40 Å². The van der Waals surface area contributed by atoms with Gasteiger partial charge in [-0.15, -0.1) is 0 Å². The van der Waals surface area contributed by atoms with Crippen molar-refractivity contribution in [3.05, 3.63) is 40.2 Å². The van der Waals surface area contributed by atoms with Crippen LogP contribution in [0.2, 0.25) is 0 Å². The summed E-state index contributed by atoms with van der Waals surface area (Å²) in [5.41, 5.74) is 0. The van der Waals surface area contributed by atoms with E-state index in [1.165, 1.54) is 0 Å². The average Bonchev–Trinajstić information content (AvgIpc) is 3.52. The highest BCUT2D eigenvalue weighted by Crippen LogP contribution is 2.39. The number of hydrogen-bond acceptors (Lipinski definition) is 5. The molecule has 1 saturated carbocycles. The van der Waals surface area contributed by atoms with Crippen molar-refractivity contribution in [3.63, 3.8) is 0 Å². The number of aromatic nitrogens is 3. The Labute approximate surface area is 177 Å². The first-order valence-corrected chi connectivity index (χ1v) is 11.6. The molecule has 0 atom stereocenters. The van der Waals surface area contributed by atoms with Crippen molar-refractivity contribution < 1.29 is 21.6 Å². The summed E-state index contributed by atoms with van der Waals surface area (Å²) in [6.07, 6.45) is 2.23. The van der Waals surface area contributed by atoms with Gasteiger partial charge in [0.15, 0.2) is 22.2 Å². The normalized spacial score (nSPS) is 18.8. The molecule has 12 heteroatoms. The molecule has 4 rings (SSSR count). The second-order valence-corrected chi connectivity index (χ2v) is 9.77. The Morgan fingerprint density at radius 3 is 2.37 bits per heavy atom. The van der Waals surface area contributed by atoms with Gasteiger partial charge < -0.3 is 4.57 Å². The highest BCUT2D eigenvalue weighted by atomic mass is 32.2. The van der Waals surface area contributed by atoms with E-state index >= 15 is 0 Å². The first kappa shape index (κ1) is 21.5. The molecule has 1 aromatic carbocycles. The number of halogens is 3. The molecule has 1 aliphatic carbocycles. The molecule has 0 N–H and O–H groups in total. The lowest BCUT2D eigenvalue weighted by Crippen LogP contribution is -2.49. The number of nitrogens with zero attached hydrogens (tertiary/aromatic N) is 5. The Bertz CT molecular complexity index is 1120. The van der Waals surface area contributed by atoms with Crippen molar-refractivity contribution in [1.82, 2.24) is 23.6 Å². The van der Waals surface area contributed by atoms with Crippen LogP contribution in [0.15, 0.2) is 17.0 Å². The fourth-order valence-corrected chi connectivity index (χ4v) is 5.44. The Morgan fingerprint density at radius 2 is 1.77 bits per heavy atom. The molecule has 30 heavy (non-hydrogen) atoms. The monoisotopic (exact) mass is 461 g/mol. The van der Waals surface area contributed by atoms with Crippen molar-refractivity contribution in [2.75, 3.05) is 26.2 Å². The van der Waals surface area contributed by atoms with Gasteiger partial charge in [-0.1, -0.05) is 0 Å². The van der Waals surface area contributed by atoms with E-state index in [2.05, 4.69) is 5.10 Å². The molecule has 1 aliphatic heterocycles. The van der Waals surface area contributed by atoms with Crippen molar-refractivity contribution in [1.29, 1.82) is 0 Å². The molecule has 1 aromatic heterocycles. The van der Waals surface area contributed by atoms with Crippen LogP contribution < -0.4 is 0 Å². The molecule has 2 aliphatic rings. The van der Waals surface area contributed by atoms with Gasteiger partial charge in [-0.05, 0) is 44.1 Å². The van der Waals surface area contributed by atoms with E-state index in [-0.39, 0.29) is 13.1 Å². The first-order chi connectivity index (χ1) is 14.2. The highest BCUT2D eigenvalue weighted by molar-refractivity contribution is 7.89. The van der Waals surface area contributed by atoms with Gasteiger partial charge in [0.05, 0.1) is 6.67 Å². The van der Waals surface area contributed by atoms with E-state index in [0.717, 1.165) is 35.6 Å². The van der Waals surface area contributed by atoms with Gasteiger partial charge in [0, 0.05) is 38.6 Å². The molecule has 2 fully saturated rings. The molecule has 164 valence electrons. The Balaban J connectivity index is 1.46. The minimum atomic E-state index is -4.27. The summed E-state index contributed by atoms with van der Waals surface area (Å²) in [6, 6.07) is 1.37. The van der Waals surface area contributed by atoms with E-state index in [1.807, 2.05) is 16.4 Å². The largest absolute Gasteiger partial charge is 0.304 e. The highest BCUT2D eigenvalue weighted by Gasteiger charge is 2.33. The van der Waals surface area contributed by atoms with Crippen LogP contribution in [0.25, 0.3) is 0 Å².